The average Bonchev–Trinajstić information content (AvgIpc) is 2.79. The van der Waals surface area contributed by atoms with Crippen LogP contribution in [0.2, 0.25) is 0 Å². The van der Waals surface area contributed by atoms with Gasteiger partial charge in [-0.05, 0) is 18.1 Å². The van der Waals surface area contributed by atoms with Crippen LogP contribution in [0.1, 0.15) is 17.2 Å². The molecule has 0 unspecified atom stereocenters. The molecule has 2 heterocycles. The molecule has 98 valence electrons. The van der Waals surface area contributed by atoms with Crippen LogP contribution in [-0.2, 0) is 0 Å². The van der Waals surface area contributed by atoms with Gasteiger partial charge in [0.15, 0.2) is 0 Å². The molecule has 0 aliphatic carbocycles. The second-order valence-electron chi connectivity index (χ2n) is 5.18. The molecule has 1 aliphatic rings. The zero-order valence-electron chi connectivity index (χ0n) is 11.2. The van der Waals surface area contributed by atoms with Crippen LogP contribution in [-0.4, -0.2) is 34.3 Å². The van der Waals surface area contributed by atoms with Gasteiger partial charge in [0.2, 0.25) is 0 Å². The van der Waals surface area contributed by atoms with Crippen molar-refractivity contribution in [1.82, 2.24) is 14.7 Å². The number of benzene rings is 1. The van der Waals surface area contributed by atoms with Crippen molar-refractivity contribution in [1.29, 1.82) is 0 Å². The first-order chi connectivity index (χ1) is 9.31. The molecule has 1 fully saturated rings. The SMILES string of the molecule is Cc1cnn(C2CN(C/C=C/c3ccccc3)C2)c1. The van der Waals surface area contributed by atoms with E-state index in [2.05, 4.69) is 64.2 Å². The van der Waals surface area contributed by atoms with Crippen LogP contribution in [0.25, 0.3) is 6.08 Å². The normalized spacial score (nSPS) is 16.9. The fraction of sp³-hybridized carbons (Fsp3) is 0.312. The average molecular weight is 253 g/mol. The maximum Gasteiger partial charge on any atom is 0.0773 e. The van der Waals surface area contributed by atoms with Crippen LogP contribution < -0.4 is 0 Å². The number of hydrogen-bond donors (Lipinski definition) is 0. The first-order valence-corrected chi connectivity index (χ1v) is 6.76. The number of hydrogen-bond acceptors (Lipinski definition) is 2. The Morgan fingerprint density at radius 1 is 1.26 bits per heavy atom. The van der Waals surface area contributed by atoms with Crippen LogP contribution in [0.5, 0.6) is 0 Å². The van der Waals surface area contributed by atoms with Crippen molar-refractivity contribution in [3.63, 3.8) is 0 Å². The van der Waals surface area contributed by atoms with Crippen LogP contribution in [0.3, 0.4) is 0 Å². The minimum Gasteiger partial charge on any atom is -0.295 e. The second-order valence-corrected chi connectivity index (χ2v) is 5.18. The fourth-order valence-electron chi connectivity index (χ4n) is 2.39. The topological polar surface area (TPSA) is 21.1 Å². The maximum atomic E-state index is 4.37. The summed E-state index contributed by atoms with van der Waals surface area (Å²) in [5.41, 5.74) is 2.50. The molecule has 1 aromatic carbocycles. The number of aryl methyl sites for hydroxylation is 1. The lowest BCUT2D eigenvalue weighted by molar-refractivity contribution is 0.113. The maximum absolute atomic E-state index is 4.37. The molecule has 19 heavy (non-hydrogen) atoms. The Labute approximate surface area is 114 Å². The summed E-state index contributed by atoms with van der Waals surface area (Å²) in [6.45, 7) is 5.30. The van der Waals surface area contributed by atoms with Gasteiger partial charge in [-0.15, -0.1) is 0 Å². The van der Waals surface area contributed by atoms with Gasteiger partial charge in [0, 0.05) is 25.8 Å². The van der Waals surface area contributed by atoms with Crippen LogP contribution in [0.15, 0.2) is 48.8 Å². The number of likely N-dealkylation sites (tertiary alicyclic amines) is 1. The summed E-state index contributed by atoms with van der Waals surface area (Å²) < 4.78 is 2.09. The summed E-state index contributed by atoms with van der Waals surface area (Å²) in [6, 6.07) is 11.0. The summed E-state index contributed by atoms with van der Waals surface area (Å²) in [7, 11) is 0. The molecule has 1 aromatic heterocycles. The van der Waals surface area contributed by atoms with E-state index in [-0.39, 0.29) is 0 Å². The van der Waals surface area contributed by atoms with E-state index in [4.69, 9.17) is 0 Å². The molecular formula is C16H19N3. The molecule has 0 N–H and O–H groups in total. The van der Waals surface area contributed by atoms with Crippen molar-refractivity contribution in [2.45, 2.75) is 13.0 Å². The van der Waals surface area contributed by atoms with Gasteiger partial charge >= 0.3 is 0 Å². The molecule has 1 aliphatic heterocycles. The monoisotopic (exact) mass is 253 g/mol. The Morgan fingerprint density at radius 2 is 2.05 bits per heavy atom. The Bertz CT molecular complexity index is 550. The van der Waals surface area contributed by atoms with Gasteiger partial charge in [0.25, 0.3) is 0 Å². The second kappa shape index (κ2) is 5.41. The zero-order chi connectivity index (χ0) is 13.1. The molecule has 3 rings (SSSR count). The minimum atomic E-state index is 0.554. The molecule has 0 atom stereocenters. The Kier molecular flexibility index (Phi) is 3.47. The Hall–Kier alpha value is -1.87. The zero-order valence-corrected chi connectivity index (χ0v) is 11.2. The van der Waals surface area contributed by atoms with Crippen LogP contribution in [0.4, 0.5) is 0 Å². The Balaban J connectivity index is 1.46. The third kappa shape index (κ3) is 2.93. The Morgan fingerprint density at radius 3 is 2.74 bits per heavy atom. The van der Waals surface area contributed by atoms with E-state index in [9.17, 15) is 0 Å². The molecule has 0 bridgehead atoms. The van der Waals surface area contributed by atoms with Gasteiger partial charge in [-0.3, -0.25) is 9.58 Å². The number of nitrogens with zero attached hydrogens (tertiary/aromatic N) is 3. The van der Waals surface area contributed by atoms with E-state index < -0.39 is 0 Å². The first-order valence-electron chi connectivity index (χ1n) is 6.76. The van der Waals surface area contributed by atoms with Gasteiger partial charge in [0.05, 0.1) is 12.2 Å². The van der Waals surface area contributed by atoms with Crippen molar-refractivity contribution in [2.75, 3.05) is 19.6 Å². The number of aromatic nitrogens is 2. The lowest BCUT2D eigenvalue weighted by atomic mass is 10.1. The highest BCUT2D eigenvalue weighted by atomic mass is 15.4. The fourth-order valence-corrected chi connectivity index (χ4v) is 2.39. The highest BCUT2D eigenvalue weighted by Gasteiger charge is 2.27. The van der Waals surface area contributed by atoms with Gasteiger partial charge in [-0.25, -0.2) is 0 Å². The molecule has 3 nitrogen and oxygen atoms in total. The molecule has 3 heteroatoms. The van der Waals surface area contributed by atoms with Gasteiger partial charge < -0.3 is 0 Å². The van der Waals surface area contributed by atoms with E-state index in [1.165, 1.54) is 11.1 Å². The van der Waals surface area contributed by atoms with Crippen molar-refractivity contribution >= 4 is 6.08 Å². The smallest absolute Gasteiger partial charge is 0.0773 e. The molecule has 1 saturated heterocycles. The van der Waals surface area contributed by atoms with E-state index in [1.807, 2.05) is 12.3 Å². The largest absolute Gasteiger partial charge is 0.295 e. The third-order valence-electron chi connectivity index (χ3n) is 3.52. The first kappa shape index (κ1) is 12.2. The molecular weight excluding hydrogens is 234 g/mol. The molecule has 0 spiro atoms. The van der Waals surface area contributed by atoms with Gasteiger partial charge in [-0.2, -0.15) is 5.10 Å². The van der Waals surface area contributed by atoms with Crippen molar-refractivity contribution in [2.24, 2.45) is 0 Å². The highest BCUT2D eigenvalue weighted by Crippen LogP contribution is 2.20. The standard InChI is InChI=1S/C16H19N3/c1-14-10-17-19(11-14)16-12-18(13-16)9-5-8-15-6-3-2-4-7-15/h2-8,10-11,16H,9,12-13H2,1H3/b8-5+. The van der Waals surface area contributed by atoms with E-state index >= 15 is 0 Å². The van der Waals surface area contributed by atoms with Crippen LogP contribution in [0, 0.1) is 6.92 Å². The summed E-state index contributed by atoms with van der Waals surface area (Å²) in [5, 5.41) is 4.37. The predicted octanol–water partition coefficient (Wildman–Crippen LogP) is 2.76. The summed E-state index contributed by atoms with van der Waals surface area (Å²) in [6.07, 6.45) is 8.48. The summed E-state index contributed by atoms with van der Waals surface area (Å²) >= 11 is 0. The lowest BCUT2D eigenvalue weighted by Gasteiger charge is -2.38. The van der Waals surface area contributed by atoms with Gasteiger partial charge in [0.1, 0.15) is 0 Å². The summed E-state index contributed by atoms with van der Waals surface area (Å²) in [4.78, 5) is 2.43. The quantitative estimate of drug-likeness (QED) is 0.835. The van der Waals surface area contributed by atoms with E-state index in [0.717, 1.165) is 19.6 Å². The third-order valence-corrected chi connectivity index (χ3v) is 3.52. The highest BCUT2D eigenvalue weighted by molar-refractivity contribution is 5.48. The van der Waals surface area contributed by atoms with E-state index in [0.29, 0.717) is 6.04 Å². The number of rotatable bonds is 4. The molecule has 0 radical (unpaired) electrons. The van der Waals surface area contributed by atoms with Gasteiger partial charge in [-0.1, -0.05) is 42.5 Å². The molecule has 0 saturated carbocycles. The van der Waals surface area contributed by atoms with E-state index in [1.54, 1.807) is 0 Å². The predicted molar refractivity (Wildman–Crippen MR) is 77.9 cm³/mol. The van der Waals surface area contributed by atoms with Crippen molar-refractivity contribution in [3.05, 3.63) is 59.9 Å². The molecule has 0 amide bonds. The minimum absolute atomic E-state index is 0.554. The van der Waals surface area contributed by atoms with Crippen molar-refractivity contribution in [3.8, 4) is 0 Å². The van der Waals surface area contributed by atoms with Crippen LogP contribution >= 0.6 is 0 Å². The van der Waals surface area contributed by atoms with Crippen molar-refractivity contribution < 1.29 is 0 Å². The summed E-state index contributed by atoms with van der Waals surface area (Å²) in [5.74, 6) is 0. The lowest BCUT2D eigenvalue weighted by Crippen LogP contribution is -2.47. The molecule has 2 aromatic rings.